The lowest BCUT2D eigenvalue weighted by Gasteiger charge is -2.20. The molecule has 7 nitrogen and oxygen atoms in total. The van der Waals surface area contributed by atoms with E-state index in [0.29, 0.717) is 5.57 Å². The number of nitrogens with zero attached hydrogens (tertiary/aromatic N) is 2. The van der Waals surface area contributed by atoms with Crippen LogP contribution in [-0.2, 0) is 11.0 Å². The molecule has 1 aromatic carbocycles. The number of alkyl halides is 3. The number of amidine groups is 1. The highest BCUT2D eigenvalue weighted by atomic mass is 19.4. The van der Waals surface area contributed by atoms with Crippen LogP contribution in [0, 0.1) is 11.8 Å². The summed E-state index contributed by atoms with van der Waals surface area (Å²) in [4.78, 5) is 20.2. The van der Waals surface area contributed by atoms with Crippen LogP contribution in [0.1, 0.15) is 32.3 Å². The van der Waals surface area contributed by atoms with Gasteiger partial charge in [-0.15, -0.1) is 0 Å². The van der Waals surface area contributed by atoms with Crippen LogP contribution in [0.2, 0.25) is 0 Å². The Morgan fingerprint density at radius 2 is 2.00 bits per heavy atom. The lowest BCUT2D eigenvalue weighted by Crippen LogP contribution is -2.31. The SMILES string of the molecule is C=CC(=O)Nc1ccc(N=C(N)C2=CC(N=C(N)N/C=C\C(C)C3=CCCC=C3)C(C)C=C2)cc1C(F)(F)F. The van der Waals surface area contributed by atoms with Crippen LogP contribution in [0.25, 0.3) is 0 Å². The summed E-state index contributed by atoms with van der Waals surface area (Å²) in [6.07, 6.45) is 13.9. The molecule has 0 spiro atoms. The van der Waals surface area contributed by atoms with E-state index in [9.17, 15) is 18.0 Å². The Bertz CT molecular complexity index is 1300. The second-order valence-corrected chi connectivity index (χ2v) is 9.24. The van der Waals surface area contributed by atoms with Crippen molar-refractivity contribution in [1.29, 1.82) is 0 Å². The number of nitrogens with two attached hydrogens (primary N) is 2. The number of hydrogen-bond donors (Lipinski definition) is 4. The molecule has 10 heteroatoms. The van der Waals surface area contributed by atoms with Gasteiger partial charge in [0.2, 0.25) is 5.91 Å². The first kappa shape index (κ1) is 29.2. The zero-order chi connectivity index (χ0) is 28.6. The fourth-order valence-corrected chi connectivity index (χ4v) is 3.98. The number of aliphatic imine (C=N–C) groups is 2. The summed E-state index contributed by atoms with van der Waals surface area (Å²) >= 11 is 0. The van der Waals surface area contributed by atoms with Crippen LogP contribution >= 0.6 is 0 Å². The molecule has 0 radical (unpaired) electrons. The van der Waals surface area contributed by atoms with E-state index in [4.69, 9.17) is 11.5 Å². The Labute approximate surface area is 226 Å². The van der Waals surface area contributed by atoms with Crippen LogP contribution in [0.15, 0.2) is 101 Å². The molecular weight excluding hydrogens is 505 g/mol. The Hall–Kier alpha value is -4.34. The predicted octanol–water partition coefficient (Wildman–Crippen LogP) is 5.65. The van der Waals surface area contributed by atoms with E-state index >= 15 is 0 Å². The van der Waals surface area contributed by atoms with Gasteiger partial charge in [0.15, 0.2) is 5.96 Å². The third-order valence-electron chi connectivity index (χ3n) is 6.22. The number of hydrogen-bond acceptors (Lipinski definition) is 3. The Kier molecular flexibility index (Phi) is 9.70. The van der Waals surface area contributed by atoms with Crippen LogP contribution < -0.4 is 22.1 Å². The number of allylic oxidation sites excluding steroid dienone is 5. The molecule has 0 aliphatic heterocycles. The van der Waals surface area contributed by atoms with E-state index in [1.807, 2.05) is 19.1 Å². The summed E-state index contributed by atoms with van der Waals surface area (Å²) in [5.41, 5.74) is 12.5. The number of halogens is 3. The number of amides is 1. The summed E-state index contributed by atoms with van der Waals surface area (Å²) < 4.78 is 40.8. The van der Waals surface area contributed by atoms with Crippen molar-refractivity contribution in [3.63, 3.8) is 0 Å². The quantitative estimate of drug-likeness (QED) is 0.194. The summed E-state index contributed by atoms with van der Waals surface area (Å²) in [5, 5.41) is 5.14. The van der Waals surface area contributed by atoms with Crippen molar-refractivity contribution in [2.75, 3.05) is 5.32 Å². The van der Waals surface area contributed by atoms with Crippen LogP contribution in [0.3, 0.4) is 0 Å². The maximum atomic E-state index is 13.6. The molecule has 0 aromatic heterocycles. The number of benzene rings is 1. The third kappa shape index (κ3) is 8.33. The summed E-state index contributed by atoms with van der Waals surface area (Å²) in [6, 6.07) is 2.92. The zero-order valence-electron chi connectivity index (χ0n) is 21.9. The normalized spacial score (nSPS) is 20.8. The number of carbonyl (C=O) groups excluding carboxylic acids is 1. The van der Waals surface area contributed by atoms with Gasteiger partial charge in [-0.3, -0.25) is 4.79 Å². The monoisotopic (exact) mass is 538 g/mol. The average molecular weight is 539 g/mol. The van der Waals surface area contributed by atoms with Crippen molar-refractivity contribution in [1.82, 2.24) is 5.32 Å². The second kappa shape index (κ2) is 12.9. The number of carbonyl (C=O) groups is 1. The maximum absolute atomic E-state index is 13.6. The molecule has 3 atom stereocenters. The molecule has 1 aromatic rings. The van der Waals surface area contributed by atoms with E-state index in [1.165, 1.54) is 11.6 Å². The number of rotatable bonds is 8. The third-order valence-corrected chi connectivity index (χ3v) is 6.22. The smallest absolute Gasteiger partial charge is 0.383 e. The highest BCUT2D eigenvalue weighted by Crippen LogP contribution is 2.37. The molecule has 39 heavy (non-hydrogen) atoms. The van der Waals surface area contributed by atoms with Gasteiger partial charge in [-0.2, -0.15) is 13.2 Å². The van der Waals surface area contributed by atoms with E-state index < -0.39 is 23.3 Å². The molecule has 206 valence electrons. The van der Waals surface area contributed by atoms with Gasteiger partial charge in [-0.25, -0.2) is 9.98 Å². The Morgan fingerprint density at radius 3 is 2.67 bits per heavy atom. The first-order chi connectivity index (χ1) is 18.5. The lowest BCUT2D eigenvalue weighted by atomic mass is 9.93. The van der Waals surface area contributed by atoms with Crippen LogP contribution in [-0.4, -0.2) is 23.7 Å². The minimum atomic E-state index is -4.72. The molecular formula is C29H33F3N6O. The van der Waals surface area contributed by atoms with Crippen LogP contribution in [0.5, 0.6) is 0 Å². The van der Waals surface area contributed by atoms with E-state index in [0.717, 1.165) is 31.1 Å². The standard InChI is InChI=1S/C29H33F3N6O/c1-4-26(39)37-24-13-12-22(17-23(24)29(30,31)32)36-27(33)21-11-10-19(3)25(16-21)38-28(34)35-15-14-18(2)20-8-6-5-7-9-20/h4,6,8-19,25H,1,5,7H2,2-3H3,(H2,33,36)(H,37,39)(H3,34,35,38)/b15-14-. The molecule has 0 bridgehead atoms. The highest BCUT2D eigenvalue weighted by molar-refractivity contribution is 6.02. The van der Waals surface area contributed by atoms with Gasteiger partial charge in [0.1, 0.15) is 5.84 Å². The minimum Gasteiger partial charge on any atom is -0.383 e. The molecule has 2 aliphatic rings. The molecule has 6 N–H and O–H groups in total. The van der Waals surface area contributed by atoms with Gasteiger partial charge < -0.3 is 22.1 Å². The van der Waals surface area contributed by atoms with Crippen molar-refractivity contribution in [3.8, 4) is 0 Å². The van der Waals surface area contributed by atoms with E-state index in [2.05, 4.69) is 52.3 Å². The molecule has 1 amide bonds. The first-order valence-electron chi connectivity index (χ1n) is 12.5. The topological polar surface area (TPSA) is 118 Å². The molecule has 0 fully saturated rings. The largest absolute Gasteiger partial charge is 0.418 e. The Balaban J connectivity index is 1.76. The van der Waals surface area contributed by atoms with Crippen molar-refractivity contribution >= 4 is 29.1 Å². The number of anilines is 1. The average Bonchev–Trinajstić information content (AvgIpc) is 2.90. The van der Waals surface area contributed by atoms with Crippen molar-refractivity contribution in [3.05, 3.63) is 96.3 Å². The molecule has 2 aliphatic carbocycles. The maximum Gasteiger partial charge on any atom is 0.418 e. The molecule has 3 unspecified atom stereocenters. The highest BCUT2D eigenvalue weighted by Gasteiger charge is 2.34. The molecule has 0 saturated carbocycles. The van der Waals surface area contributed by atoms with Crippen molar-refractivity contribution in [2.24, 2.45) is 33.3 Å². The lowest BCUT2D eigenvalue weighted by molar-refractivity contribution is -0.136. The molecule has 0 saturated heterocycles. The number of nitrogens with one attached hydrogen (secondary N) is 2. The Morgan fingerprint density at radius 1 is 1.23 bits per heavy atom. The summed E-state index contributed by atoms with van der Waals surface area (Å²) in [7, 11) is 0. The van der Waals surface area contributed by atoms with Gasteiger partial charge in [0.05, 0.1) is 23.0 Å². The number of guanidine groups is 1. The van der Waals surface area contributed by atoms with Gasteiger partial charge in [-0.05, 0) is 48.8 Å². The van der Waals surface area contributed by atoms with Gasteiger partial charge in [0.25, 0.3) is 0 Å². The van der Waals surface area contributed by atoms with E-state index in [1.54, 1.807) is 18.4 Å². The van der Waals surface area contributed by atoms with Crippen molar-refractivity contribution < 1.29 is 18.0 Å². The first-order valence-corrected chi connectivity index (χ1v) is 12.5. The van der Waals surface area contributed by atoms with Gasteiger partial charge in [-0.1, -0.05) is 56.9 Å². The van der Waals surface area contributed by atoms with Crippen molar-refractivity contribution in [2.45, 2.75) is 38.9 Å². The van der Waals surface area contributed by atoms with Gasteiger partial charge in [0, 0.05) is 23.6 Å². The summed E-state index contributed by atoms with van der Waals surface area (Å²) in [5.74, 6) is -0.287. The predicted molar refractivity (Wildman–Crippen MR) is 151 cm³/mol. The van der Waals surface area contributed by atoms with Crippen LogP contribution in [0.4, 0.5) is 24.5 Å². The fourth-order valence-electron chi connectivity index (χ4n) is 3.98. The summed E-state index contributed by atoms with van der Waals surface area (Å²) in [6.45, 7) is 7.31. The molecule has 3 rings (SSSR count). The minimum absolute atomic E-state index is 0.00641. The fraction of sp³-hybridized carbons (Fsp3) is 0.276. The second-order valence-electron chi connectivity index (χ2n) is 9.24. The van der Waals surface area contributed by atoms with E-state index in [-0.39, 0.29) is 35.4 Å². The molecule has 0 heterocycles. The zero-order valence-corrected chi connectivity index (χ0v) is 21.9. The van der Waals surface area contributed by atoms with Gasteiger partial charge >= 0.3 is 6.18 Å².